The molecule has 1 aliphatic carbocycles. The number of para-hydroxylation sites is 1. The number of hydrogen-bond acceptors (Lipinski definition) is 5. The molecule has 1 saturated carbocycles. The Morgan fingerprint density at radius 3 is 2.80 bits per heavy atom. The standard InChI is InChI=1S/C15H18N2O3/c1-19-11-3-2-4-12-13(11)17-15(20-12)14(18)9-5-7-10(16)8-6-9/h2-4,9-10H,5-8,16H2,1H3. The summed E-state index contributed by atoms with van der Waals surface area (Å²) in [7, 11) is 1.58. The molecule has 1 heterocycles. The highest BCUT2D eigenvalue weighted by atomic mass is 16.5. The van der Waals surface area contributed by atoms with E-state index in [0.29, 0.717) is 16.8 Å². The van der Waals surface area contributed by atoms with Crippen molar-refractivity contribution in [2.45, 2.75) is 31.7 Å². The van der Waals surface area contributed by atoms with Gasteiger partial charge in [-0.05, 0) is 37.8 Å². The van der Waals surface area contributed by atoms with Gasteiger partial charge in [0.25, 0.3) is 5.89 Å². The molecule has 0 unspecified atom stereocenters. The molecule has 5 nitrogen and oxygen atoms in total. The number of hydrogen-bond donors (Lipinski definition) is 1. The van der Waals surface area contributed by atoms with Crippen molar-refractivity contribution in [3.8, 4) is 5.75 Å². The van der Waals surface area contributed by atoms with E-state index >= 15 is 0 Å². The lowest BCUT2D eigenvalue weighted by Crippen LogP contribution is -2.29. The van der Waals surface area contributed by atoms with Crippen LogP contribution in [0.1, 0.15) is 36.4 Å². The van der Waals surface area contributed by atoms with Gasteiger partial charge in [-0.25, -0.2) is 4.98 Å². The number of oxazole rings is 1. The molecule has 0 aliphatic heterocycles. The Kier molecular flexibility index (Phi) is 3.44. The van der Waals surface area contributed by atoms with Crippen LogP contribution in [-0.2, 0) is 0 Å². The molecule has 2 aromatic rings. The van der Waals surface area contributed by atoms with Gasteiger partial charge < -0.3 is 14.9 Å². The number of Topliss-reactive ketones (excluding diaryl/α,β-unsaturated/α-hetero) is 1. The predicted octanol–water partition coefficient (Wildman–Crippen LogP) is 2.54. The summed E-state index contributed by atoms with van der Waals surface area (Å²) in [6.45, 7) is 0. The van der Waals surface area contributed by atoms with Crippen LogP contribution in [-0.4, -0.2) is 23.9 Å². The van der Waals surface area contributed by atoms with Crippen LogP contribution in [0.3, 0.4) is 0 Å². The third kappa shape index (κ3) is 2.29. The van der Waals surface area contributed by atoms with Gasteiger partial charge in [-0.3, -0.25) is 4.79 Å². The molecule has 0 atom stereocenters. The Labute approximate surface area is 117 Å². The van der Waals surface area contributed by atoms with Crippen LogP contribution in [0.5, 0.6) is 5.75 Å². The highest BCUT2D eigenvalue weighted by Crippen LogP contribution is 2.30. The first-order valence-corrected chi connectivity index (χ1v) is 6.92. The minimum absolute atomic E-state index is 0.0184. The molecule has 2 N–H and O–H groups in total. The van der Waals surface area contributed by atoms with Crippen LogP contribution in [0, 0.1) is 5.92 Å². The number of carbonyl (C=O) groups is 1. The van der Waals surface area contributed by atoms with Crippen LogP contribution in [0.4, 0.5) is 0 Å². The zero-order valence-corrected chi connectivity index (χ0v) is 11.5. The Morgan fingerprint density at radius 2 is 2.10 bits per heavy atom. The lowest BCUT2D eigenvalue weighted by Gasteiger charge is -2.23. The van der Waals surface area contributed by atoms with E-state index in [1.54, 1.807) is 19.2 Å². The minimum atomic E-state index is -0.0196. The highest BCUT2D eigenvalue weighted by molar-refractivity contribution is 5.96. The van der Waals surface area contributed by atoms with Crippen molar-refractivity contribution in [3.63, 3.8) is 0 Å². The second-order valence-electron chi connectivity index (χ2n) is 5.30. The maximum atomic E-state index is 12.4. The number of ketones is 1. The highest BCUT2D eigenvalue weighted by Gasteiger charge is 2.29. The molecule has 3 rings (SSSR count). The fraction of sp³-hybridized carbons (Fsp3) is 0.467. The number of carbonyl (C=O) groups excluding carboxylic acids is 1. The Balaban J connectivity index is 1.88. The first-order chi connectivity index (χ1) is 9.69. The summed E-state index contributed by atoms with van der Waals surface area (Å²) in [6, 6.07) is 5.64. The summed E-state index contributed by atoms with van der Waals surface area (Å²) in [5, 5.41) is 0. The maximum Gasteiger partial charge on any atom is 0.264 e. The van der Waals surface area contributed by atoms with Crippen LogP contribution in [0.15, 0.2) is 22.6 Å². The Morgan fingerprint density at radius 1 is 1.35 bits per heavy atom. The van der Waals surface area contributed by atoms with Crippen molar-refractivity contribution in [1.29, 1.82) is 0 Å². The molecular formula is C15H18N2O3. The SMILES string of the molecule is COc1cccc2oc(C(=O)C3CCC(N)CC3)nc12. The zero-order chi connectivity index (χ0) is 14.1. The van der Waals surface area contributed by atoms with Crippen molar-refractivity contribution in [2.24, 2.45) is 11.7 Å². The summed E-state index contributed by atoms with van der Waals surface area (Å²) in [4.78, 5) is 16.7. The van der Waals surface area contributed by atoms with E-state index in [1.165, 1.54) is 0 Å². The van der Waals surface area contributed by atoms with Crippen LogP contribution >= 0.6 is 0 Å². The van der Waals surface area contributed by atoms with Gasteiger partial charge >= 0.3 is 0 Å². The number of nitrogens with two attached hydrogens (primary N) is 1. The molecule has 5 heteroatoms. The Hall–Kier alpha value is -1.88. The van der Waals surface area contributed by atoms with Gasteiger partial charge in [0.15, 0.2) is 11.1 Å². The van der Waals surface area contributed by atoms with E-state index in [9.17, 15) is 4.79 Å². The van der Waals surface area contributed by atoms with Gasteiger partial charge in [-0.2, -0.15) is 0 Å². The summed E-state index contributed by atoms with van der Waals surface area (Å²) in [5.41, 5.74) is 7.05. The fourth-order valence-corrected chi connectivity index (χ4v) is 2.75. The molecule has 0 bridgehead atoms. The molecule has 0 amide bonds. The average molecular weight is 274 g/mol. The number of aromatic nitrogens is 1. The first kappa shape index (κ1) is 13.1. The number of rotatable bonds is 3. The van der Waals surface area contributed by atoms with Gasteiger partial charge in [-0.15, -0.1) is 0 Å². The zero-order valence-electron chi connectivity index (χ0n) is 11.5. The van der Waals surface area contributed by atoms with Gasteiger partial charge in [0.05, 0.1) is 7.11 Å². The number of benzene rings is 1. The fourth-order valence-electron chi connectivity index (χ4n) is 2.75. The molecule has 0 saturated heterocycles. The summed E-state index contributed by atoms with van der Waals surface area (Å²) in [6.07, 6.45) is 3.41. The second kappa shape index (κ2) is 5.25. The van der Waals surface area contributed by atoms with Crippen LogP contribution < -0.4 is 10.5 Å². The van der Waals surface area contributed by atoms with E-state index in [0.717, 1.165) is 25.7 Å². The Bertz CT molecular complexity index is 627. The van der Waals surface area contributed by atoms with E-state index in [4.69, 9.17) is 14.9 Å². The number of fused-ring (bicyclic) bond motifs is 1. The lowest BCUT2D eigenvalue weighted by molar-refractivity contribution is 0.0851. The van der Waals surface area contributed by atoms with Gasteiger partial charge in [-0.1, -0.05) is 6.07 Å². The number of nitrogens with zero attached hydrogens (tertiary/aromatic N) is 1. The van der Waals surface area contributed by atoms with Crippen molar-refractivity contribution < 1.29 is 13.9 Å². The molecule has 106 valence electrons. The van der Waals surface area contributed by atoms with E-state index in [-0.39, 0.29) is 23.6 Å². The largest absolute Gasteiger partial charge is 0.494 e. The number of ether oxygens (including phenoxy) is 1. The second-order valence-corrected chi connectivity index (χ2v) is 5.30. The van der Waals surface area contributed by atoms with E-state index < -0.39 is 0 Å². The van der Waals surface area contributed by atoms with Gasteiger partial charge in [0.1, 0.15) is 5.75 Å². The normalized spacial score (nSPS) is 22.9. The van der Waals surface area contributed by atoms with Crippen molar-refractivity contribution in [1.82, 2.24) is 4.98 Å². The smallest absolute Gasteiger partial charge is 0.264 e. The van der Waals surface area contributed by atoms with Gasteiger partial charge in [0, 0.05) is 12.0 Å². The van der Waals surface area contributed by atoms with Crippen LogP contribution in [0.25, 0.3) is 11.1 Å². The van der Waals surface area contributed by atoms with Gasteiger partial charge in [0.2, 0.25) is 5.78 Å². The first-order valence-electron chi connectivity index (χ1n) is 6.92. The molecule has 1 aromatic heterocycles. The van der Waals surface area contributed by atoms with E-state index in [2.05, 4.69) is 4.98 Å². The molecular weight excluding hydrogens is 256 g/mol. The van der Waals surface area contributed by atoms with Crippen LogP contribution in [0.2, 0.25) is 0 Å². The molecule has 1 fully saturated rings. The molecule has 1 aromatic carbocycles. The topological polar surface area (TPSA) is 78.3 Å². The summed E-state index contributed by atoms with van der Waals surface area (Å²) >= 11 is 0. The lowest BCUT2D eigenvalue weighted by atomic mass is 9.84. The van der Waals surface area contributed by atoms with Crippen molar-refractivity contribution in [3.05, 3.63) is 24.1 Å². The minimum Gasteiger partial charge on any atom is -0.494 e. The number of methoxy groups -OCH3 is 1. The molecule has 0 spiro atoms. The van der Waals surface area contributed by atoms with E-state index in [1.807, 2.05) is 6.07 Å². The predicted molar refractivity (Wildman–Crippen MR) is 74.8 cm³/mol. The molecule has 20 heavy (non-hydrogen) atoms. The monoisotopic (exact) mass is 274 g/mol. The van der Waals surface area contributed by atoms with Crippen molar-refractivity contribution in [2.75, 3.05) is 7.11 Å². The maximum absolute atomic E-state index is 12.4. The summed E-state index contributed by atoms with van der Waals surface area (Å²) in [5.74, 6) is 0.768. The molecule has 1 aliphatic rings. The summed E-state index contributed by atoms with van der Waals surface area (Å²) < 4.78 is 10.8. The molecule has 0 radical (unpaired) electrons. The third-order valence-corrected chi connectivity index (χ3v) is 3.96. The average Bonchev–Trinajstić information content (AvgIpc) is 2.91. The van der Waals surface area contributed by atoms with Crippen molar-refractivity contribution >= 4 is 16.9 Å². The third-order valence-electron chi connectivity index (χ3n) is 3.96. The quantitative estimate of drug-likeness (QED) is 0.870.